The van der Waals surface area contributed by atoms with Gasteiger partial charge in [-0.1, -0.05) is 25.1 Å². The highest BCUT2D eigenvalue weighted by Gasteiger charge is 2.18. The van der Waals surface area contributed by atoms with Crippen molar-refractivity contribution in [1.29, 1.82) is 0 Å². The van der Waals surface area contributed by atoms with Crippen LogP contribution in [-0.4, -0.2) is 9.97 Å². The smallest absolute Gasteiger partial charge is 0.139 e. The van der Waals surface area contributed by atoms with Crippen molar-refractivity contribution in [3.8, 4) is 11.4 Å². The number of H-pyrrole nitrogens is 1. The zero-order valence-electron chi connectivity index (χ0n) is 10.8. The molecule has 0 aliphatic heterocycles. The van der Waals surface area contributed by atoms with Crippen molar-refractivity contribution >= 4 is 12.2 Å². The minimum atomic E-state index is -0.618. The second kappa shape index (κ2) is 5.40. The summed E-state index contributed by atoms with van der Waals surface area (Å²) in [6.45, 7) is 0. The van der Waals surface area contributed by atoms with Crippen LogP contribution >= 0.6 is 12.2 Å². The van der Waals surface area contributed by atoms with Gasteiger partial charge in [-0.2, -0.15) is 0 Å². The maximum atomic E-state index is 13.3. The van der Waals surface area contributed by atoms with Crippen molar-refractivity contribution < 1.29 is 8.78 Å². The number of hydrogen-bond acceptors (Lipinski definition) is 2. The highest BCUT2D eigenvalue weighted by molar-refractivity contribution is 7.71. The molecule has 1 fully saturated rings. The average molecular weight is 292 g/mol. The van der Waals surface area contributed by atoms with Gasteiger partial charge in [-0.15, -0.1) is 0 Å². The molecule has 0 amide bonds. The molecule has 3 rings (SSSR count). The summed E-state index contributed by atoms with van der Waals surface area (Å²) in [5.41, 5.74) is 1.40. The van der Waals surface area contributed by atoms with E-state index in [9.17, 15) is 8.78 Å². The van der Waals surface area contributed by atoms with Crippen molar-refractivity contribution in [3.63, 3.8) is 0 Å². The predicted molar refractivity (Wildman–Crippen MR) is 76.0 cm³/mol. The van der Waals surface area contributed by atoms with Crippen LogP contribution in [0.3, 0.4) is 0 Å². The highest BCUT2D eigenvalue weighted by atomic mass is 32.1. The quantitative estimate of drug-likeness (QED) is 0.810. The van der Waals surface area contributed by atoms with Gasteiger partial charge in [0.2, 0.25) is 0 Å². The second-order valence-electron chi connectivity index (χ2n) is 5.16. The first-order valence-corrected chi connectivity index (χ1v) is 7.10. The van der Waals surface area contributed by atoms with E-state index < -0.39 is 11.6 Å². The first-order valence-electron chi connectivity index (χ1n) is 6.69. The third kappa shape index (κ3) is 2.77. The van der Waals surface area contributed by atoms with E-state index >= 15 is 0 Å². The molecular weight excluding hydrogens is 278 g/mol. The van der Waals surface area contributed by atoms with E-state index in [4.69, 9.17) is 12.2 Å². The van der Waals surface area contributed by atoms with Gasteiger partial charge in [0.25, 0.3) is 0 Å². The van der Waals surface area contributed by atoms with E-state index in [1.165, 1.54) is 25.0 Å². The summed E-state index contributed by atoms with van der Waals surface area (Å²) < 4.78 is 27.1. The zero-order chi connectivity index (χ0) is 14.1. The minimum absolute atomic E-state index is 0.383. The van der Waals surface area contributed by atoms with Gasteiger partial charge in [0.15, 0.2) is 0 Å². The molecule has 1 aliphatic carbocycles. The molecule has 0 atom stereocenters. The topological polar surface area (TPSA) is 28.7 Å². The van der Waals surface area contributed by atoms with Crippen LogP contribution in [0.5, 0.6) is 0 Å². The molecule has 2 nitrogen and oxygen atoms in total. The lowest BCUT2D eigenvalue weighted by molar-refractivity contribution is 0.584. The van der Waals surface area contributed by atoms with E-state index in [0.717, 1.165) is 24.6 Å². The maximum Gasteiger partial charge on any atom is 0.139 e. The monoisotopic (exact) mass is 292 g/mol. The fourth-order valence-electron chi connectivity index (χ4n) is 2.76. The molecule has 0 radical (unpaired) electrons. The Morgan fingerprint density at radius 1 is 1.05 bits per heavy atom. The van der Waals surface area contributed by atoms with Crippen LogP contribution in [0.1, 0.15) is 37.3 Å². The number of nitrogens with zero attached hydrogens (tertiary/aromatic N) is 1. The van der Waals surface area contributed by atoms with Crippen molar-refractivity contribution in [2.75, 3.05) is 0 Å². The molecule has 1 aromatic carbocycles. The van der Waals surface area contributed by atoms with Gasteiger partial charge in [-0.3, -0.25) is 0 Å². The number of rotatable bonds is 2. The fraction of sp³-hybridized carbons (Fsp3) is 0.333. The first kappa shape index (κ1) is 13.4. The van der Waals surface area contributed by atoms with Crippen LogP contribution in [0.2, 0.25) is 0 Å². The van der Waals surface area contributed by atoms with Crippen LogP contribution in [0.25, 0.3) is 11.4 Å². The van der Waals surface area contributed by atoms with Gasteiger partial charge in [0, 0.05) is 17.3 Å². The van der Waals surface area contributed by atoms with Gasteiger partial charge in [-0.25, -0.2) is 13.8 Å². The number of halogens is 2. The Balaban J connectivity index is 2.06. The molecule has 1 aliphatic rings. The number of aromatic amines is 1. The van der Waals surface area contributed by atoms with Gasteiger partial charge >= 0.3 is 0 Å². The summed E-state index contributed by atoms with van der Waals surface area (Å²) in [5, 5.41) is 0. The Hall–Kier alpha value is -1.62. The molecule has 1 heterocycles. The van der Waals surface area contributed by atoms with Crippen molar-refractivity contribution in [2.24, 2.45) is 0 Å². The molecule has 0 unspecified atom stereocenters. The fourth-order valence-corrected chi connectivity index (χ4v) is 2.98. The SMILES string of the molecule is Fc1cc(F)cc(-c2nc(=S)cc(C3CCCC3)[nH]2)c1. The van der Waals surface area contributed by atoms with Gasteiger partial charge in [0.05, 0.1) is 0 Å². The lowest BCUT2D eigenvalue weighted by Gasteiger charge is -2.11. The second-order valence-corrected chi connectivity index (χ2v) is 5.58. The lowest BCUT2D eigenvalue weighted by atomic mass is 10.0. The van der Waals surface area contributed by atoms with Crippen molar-refractivity contribution in [1.82, 2.24) is 9.97 Å². The molecule has 0 spiro atoms. The van der Waals surface area contributed by atoms with Crippen LogP contribution in [0.4, 0.5) is 8.78 Å². The number of benzene rings is 1. The molecule has 20 heavy (non-hydrogen) atoms. The van der Waals surface area contributed by atoms with Crippen LogP contribution in [0, 0.1) is 16.3 Å². The Bertz CT molecular complexity index is 670. The number of hydrogen-bond donors (Lipinski definition) is 1. The normalized spacial score (nSPS) is 15.7. The van der Waals surface area contributed by atoms with E-state index in [1.54, 1.807) is 0 Å². The Morgan fingerprint density at radius 3 is 2.35 bits per heavy atom. The largest absolute Gasteiger partial charge is 0.343 e. The molecule has 0 saturated heterocycles. The van der Waals surface area contributed by atoms with Crippen molar-refractivity contribution in [2.45, 2.75) is 31.6 Å². The van der Waals surface area contributed by atoms with Crippen LogP contribution in [0.15, 0.2) is 24.3 Å². The predicted octanol–water partition coefficient (Wildman–Crippen LogP) is 4.74. The van der Waals surface area contributed by atoms with Gasteiger partial charge in [-0.05, 0) is 37.0 Å². The first-order chi connectivity index (χ1) is 9.61. The van der Waals surface area contributed by atoms with E-state index in [1.807, 2.05) is 6.07 Å². The minimum Gasteiger partial charge on any atom is -0.343 e. The molecule has 104 valence electrons. The third-order valence-corrected chi connectivity index (χ3v) is 3.90. The third-order valence-electron chi connectivity index (χ3n) is 3.69. The van der Waals surface area contributed by atoms with Crippen LogP contribution < -0.4 is 0 Å². The summed E-state index contributed by atoms with van der Waals surface area (Å²) >= 11 is 5.17. The standard InChI is InChI=1S/C15H14F2N2S/c16-11-5-10(6-12(17)7-11)15-18-13(8-14(20)19-15)9-3-1-2-4-9/h5-9H,1-4H2,(H,18,19,20). The maximum absolute atomic E-state index is 13.3. The lowest BCUT2D eigenvalue weighted by Crippen LogP contribution is -2.01. The summed E-state index contributed by atoms with van der Waals surface area (Å²) in [7, 11) is 0. The summed E-state index contributed by atoms with van der Waals surface area (Å²) in [5.74, 6) is -0.366. The summed E-state index contributed by atoms with van der Waals surface area (Å²) in [4.78, 5) is 7.37. The number of nitrogens with one attached hydrogen (secondary N) is 1. The van der Waals surface area contributed by atoms with Gasteiger partial charge in [0.1, 0.15) is 22.1 Å². The molecule has 0 bridgehead atoms. The van der Waals surface area contributed by atoms with E-state index in [-0.39, 0.29) is 0 Å². The summed E-state index contributed by atoms with van der Waals surface area (Å²) in [6.07, 6.45) is 4.65. The van der Waals surface area contributed by atoms with Crippen molar-refractivity contribution in [3.05, 3.63) is 46.2 Å². The highest BCUT2D eigenvalue weighted by Crippen LogP contribution is 2.33. The molecule has 1 N–H and O–H groups in total. The molecule has 1 saturated carbocycles. The Kier molecular flexibility index (Phi) is 3.61. The summed E-state index contributed by atoms with van der Waals surface area (Å²) in [6, 6.07) is 5.22. The Morgan fingerprint density at radius 2 is 1.70 bits per heavy atom. The Labute approximate surface area is 120 Å². The molecular formula is C15H14F2N2S. The average Bonchev–Trinajstić information content (AvgIpc) is 2.90. The van der Waals surface area contributed by atoms with E-state index in [2.05, 4.69) is 9.97 Å². The molecule has 5 heteroatoms. The van der Waals surface area contributed by atoms with Crippen LogP contribution in [-0.2, 0) is 0 Å². The van der Waals surface area contributed by atoms with Gasteiger partial charge < -0.3 is 4.98 Å². The molecule has 1 aromatic heterocycles. The van der Waals surface area contributed by atoms with E-state index in [0.29, 0.717) is 21.9 Å². The zero-order valence-corrected chi connectivity index (χ0v) is 11.6. The molecule has 2 aromatic rings. The number of aromatic nitrogens is 2.